The molecule has 1 saturated carbocycles. The van der Waals surface area contributed by atoms with E-state index in [2.05, 4.69) is 11.8 Å². The minimum Gasteiger partial charge on any atom is -0.338 e. The Labute approximate surface area is 117 Å². The predicted octanol–water partition coefficient (Wildman–Crippen LogP) is 2.93. The zero-order valence-electron chi connectivity index (χ0n) is 12.4. The molecule has 110 valence electrons. The fraction of sp³-hybridized carbons (Fsp3) is 0.938. The molecular weight excluding hydrogens is 236 g/mol. The Balaban J connectivity index is 1.80. The van der Waals surface area contributed by atoms with Gasteiger partial charge in [0.1, 0.15) is 0 Å². The summed E-state index contributed by atoms with van der Waals surface area (Å²) in [4.78, 5) is 14.5. The second kappa shape index (κ2) is 7.28. The molecule has 1 heterocycles. The summed E-state index contributed by atoms with van der Waals surface area (Å²) < 4.78 is 0. The maximum atomic E-state index is 12.4. The summed E-state index contributed by atoms with van der Waals surface area (Å²) in [7, 11) is 0. The molecule has 0 bridgehead atoms. The zero-order valence-corrected chi connectivity index (χ0v) is 12.4. The highest BCUT2D eigenvalue weighted by Gasteiger charge is 2.30. The van der Waals surface area contributed by atoms with Crippen molar-refractivity contribution >= 4 is 5.91 Å². The minimum absolute atomic E-state index is 0.285. The van der Waals surface area contributed by atoms with Gasteiger partial charge in [-0.15, -0.1) is 0 Å². The lowest BCUT2D eigenvalue weighted by Gasteiger charge is -2.39. The number of hydrogen-bond donors (Lipinski definition) is 1. The summed E-state index contributed by atoms with van der Waals surface area (Å²) in [6, 6.07) is 0.285. The molecular formula is C16H30N2O. The van der Waals surface area contributed by atoms with Gasteiger partial charge in [-0.25, -0.2) is 0 Å². The fourth-order valence-electron chi connectivity index (χ4n) is 3.87. The van der Waals surface area contributed by atoms with Crippen LogP contribution in [0.3, 0.4) is 0 Å². The van der Waals surface area contributed by atoms with Gasteiger partial charge >= 0.3 is 0 Å². The number of hydrogen-bond acceptors (Lipinski definition) is 2. The van der Waals surface area contributed by atoms with E-state index in [-0.39, 0.29) is 6.04 Å². The van der Waals surface area contributed by atoms with Crippen molar-refractivity contribution < 1.29 is 4.79 Å². The number of rotatable bonds is 4. The zero-order chi connectivity index (χ0) is 13.7. The first-order chi connectivity index (χ1) is 9.22. The molecule has 3 heteroatoms. The van der Waals surface area contributed by atoms with E-state index in [1.807, 2.05) is 0 Å². The van der Waals surface area contributed by atoms with Crippen molar-refractivity contribution in [3.8, 4) is 0 Å². The first-order valence-corrected chi connectivity index (χ1v) is 8.22. The maximum absolute atomic E-state index is 12.4. The molecule has 1 saturated heterocycles. The van der Waals surface area contributed by atoms with Crippen LogP contribution < -0.4 is 5.73 Å². The first-order valence-electron chi connectivity index (χ1n) is 8.22. The highest BCUT2D eigenvalue weighted by Crippen LogP contribution is 2.29. The third-order valence-electron chi connectivity index (χ3n) is 5.17. The van der Waals surface area contributed by atoms with Crippen molar-refractivity contribution in [3.05, 3.63) is 0 Å². The van der Waals surface area contributed by atoms with Crippen LogP contribution >= 0.6 is 0 Å². The molecule has 2 aliphatic rings. The fourth-order valence-corrected chi connectivity index (χ4v) is 3.87. The van der Waals surface area contributed by atoms with Gasteiger partial charge in [-0.1, -0.05) is 39.0 Å². The number of nitrogens with two attached hydrogens (primary N) is 1. The second-order valence-corrected chi connectivity index (χ2v) is 6.55. The molecule has 2 unspecified atom stereocenters. The number of piperidine rings is 1. The maximum Gasteiger partial charge on any atom is 0.222 e. The molecule has 2 rings (SSSR count). The molecule has 2 fully saturated rings. The standard InChI is InChI=1S/C16H30N2O/c1-13-6-5-11-18(15(13)12-17)16(19)10-9-14-7-3-2-4-8-14/h13-15H,2-12,17H2,1H3. The molecule has 0 radical (unpaired) electrons. The summed E-state index contributed by atoms with van der Waals surface area (Å²) >= 11 is 0. The smallest absolute Gasteiger partial charge is 0.222 e. The Morgan fingerprint density at radius 3 is 2.58 bits per heavy atom. The van der Waals surface area contributed by atoms with Crippen LogP contribution in [-0.2, 0) is 4.79 Å². The van der Waals surface area contributed by atoms with Gasteiger partial charge in [0.2, 0.25) is 5.91 Å². The van der Waals surface area contributed by atoms with Crippen LogP contribution in [0.25, 0.3) is 0 Å². The van der Waals surface area contributed by atoms with Crippen LogP contribution in [0.15, 0.2) is 0 Å². The van der Waals surface area contributed by atoms with Crippen LogP contribution in [0.1, 0.15) is 64.7 Å². The summed E-state index contributed by atoms with van der Waals surface area (Å²) in [5.74, 6) is 1.72. The van der Waals surface area contributed by atoms with Crippen LogP contribution in [0.2, 0.25) is 0 Å². The Bertz CT molecular complexity index is 286. The van der Waals surface area contributed by atoms with Crippen LogP contribution in [0.4, 0.5) is 0 Å². The Hall–Kier alpha value is -0.570. The van der Waals surface area contributed by atoms with Gasteiger partial charge in [0.25, 0.3) is 0 Å². The molecule has 1 amide bonds. The van der Waals surface area contributed by atoms with E-state index in [1.54, 1.807) is 0 Å². The van der Waals surface area contributed by atoms with Crippen molar-refractivity contribution in [2.24, 2.45) is 17.6 Å². The van der Waals surface area contributed by atoms with E-state index in [4.69, 9.17) is 5.73 Å². The van der Waals surface area contributed by atoms with Crippen LogP contribution in [0.5, 0.6) is 0 Å². The van der Waals surface area contributed by atoms with Crippen molar-refractivity contribution in [2.75, 3.05) is 13.1 Å². The molecule has 0 aromatic heterocycles. The number of amides is 1. The highest BCUT2D eigenvalue weighted by atomic mass is 16.2. The molecule has 0 aromatic carbocycles. The minimum atomic E-state index is 0.285. The van der Waals surface area contributed by atoms with E-state index in [1.165, 1.54) is 38.5 Å². The molecule has 2 atom stereocenters. The van der Waals surface area contributed by atoms with E-state index in [9.17, 15) is 4.79 Å². The quantitative estimate of drug-likeness (QED) is 0.850. The van der Waals surface area contributed by atoms with Gasteiger partial charge < -0.3 is 10.6 Å². The van der Waals surface area contributed by atoms with E-state index >= 15 is 0 Å². The second-order valence-electron chi connectivity index (χ2n) is 6.55. The van der Waals surface area contributed by atoms with Gasteiger partial charge in [0, 0.05) is 25.6 Å². The van der Waals surface area contributed by atoms with E-state index < -0.39 is 0 Å². The number of carbonyl (C=O) groups is 1. The summed E-state index contributed by atoms with van der Waals surface area (Å²) in [6.07, 6.45) is 11.0. The molecule has 2 N–H and O–H groups in total. The normalized spacial score (nSPS) is 29.5. The van der Waals surface area contributed by atoms with Crippen molar-refractivity contribution in [1.29, 1.82) is 0 Å². The van der Waals surface area contributed by atoms with Crippen molar-refractivity contribution in [2.45, 2.75) is 70.8 Å². The van der Waals surface area contributed by atoms with Gasteiger partial charge in [-0.2, -0.15) is 0 Å². The topological polar surface area (TPSA) is 46.3 Å². The lowest BCUT2D eigenvalue weighted by atomic mass is 9.85. The largest absolute Gasteiger partial charge is 0.338 e. The Morgan fingerprint density at radius 1 is 1.16 bits per heavy atom. The SMILES string of the molecule is CC1CCCN(C(=O)CCC2CCCCC2)C1CN. The highest BCUT2D eigenvalue weighted by molar-refractivity contribution is 5.76. The van der Waals surface area contributed by atoms with Crippen LogP contribution in [0, 0.1) is 11.8 Å². The third kappa shape index (κ3) is 3.95. The lowest BCUT2D eigenvalue weighted by molar-refractivity contribution is -0.136. The number of likely N-dealkylation sites (tertiary alicyclic amines) is 1. The molecule has 19 heavy (non-hydrogen) atoms. The average Bonchev–Trinajstić information content (AvgIpc) is 2.45. The third-order valence-corrected chi connectivity index (χ3v) is 5.17. The average molecular weight is 266 g/mol. The van der Waals surface area contributed by atoms with Crippen molar-refractivity contribution in [3.63, 3.8) is 0 Å². The molecule has 3 nitrogen and oxygen atoms in total. The van der Waals surface area contributed by atoms with Gasteiger partial charge in [0.05, 0.1) is 0 Å². The van der Waals surface area contributed by atoms with E-state index in [0.29, 0.717) is 18.4 Å². The summed E-state index contributed by atoms with van der Waals surface area (Å²) in [6.45, 7) is 3.78. The molecule has 0 aromatic rings. The predicted molar refractivity (Wildman–Crippen MR) is 78.8 cm³/mol. The summed E-state index contributed by atoms with van der Waals surface area (Å²) in [5, 5.41) is 0. The molecule has 0 spiro atoms. The Morgan fingerprint density at radius 2 is 1.89 bits per heavy atom. The monoisotopic (exact) mass is 266 g/mol. The molecule has 1 aliphatic heterocycles. The van der Waals surface area contributed by atoms with Crippen molar-refractivity contribution in [1.82, 2.24) is 4.90 Å². The first kappa shape index (κ1) is 14.8. The van der Waals surface area contributed by atoms with Crippen LogP contribution in [-0.4, -0.2) is 29.9 Å². The van der Waals surface area contributed by atoms with Gasteiger partial charge in [-0.3, -0.25) is 4.79 Å². The summed E-state index contributed by atoms with van der Waals surface area (Å²) in [5.41, 5.74) is 5.87. The lowest BCUT2D eigenvalue weighted by Crippen LogP contribution is -2.51. The van der Waals surface area contributed by atoms with Gasteiger partial charge in [0.15, 0.2) is 0 Å². The number of carbonyl (C=O) groups excluding carboxylic acids is 1. The van der Waals surface area contributed by atoms with E-state index in [0.717, 1.165) is 31.7 Å². The number of nitrogens with zero attached hydrogens (tertiary/aromatic N) is 1. The Kier molecular flexibility index (Phi) is 5.68. The molecule has 1 aliphatic carbocycles. The van der Waals surface area contributed by atoms with Gasteiger partial charge in [-0.05, 0) is 31.1 Å².